The zero-order valence-electron chi connectivity index (χ0n) is 11.3. The van der Waals surface area contributed by atoms with Crippen LogP contribution in [-0.4, -0.2) is 16.4 Å². The molecule has 1 aromatic rings. The van der Waals surface area contributed by atoms with Gasteiger partial charge in [0.25, 0.3) is 5.69 Å². The topological polar surface area (TPSA) is 72.2 Å². The third-order valence-corrected chi connectivity index (χ3v) is 2.37. The molecular formula is C13H20N2O3. The molecule has 0 bridgehead atoms. The van der Waals surface area contributed by atoms with E-state index in [0.29, 0.717) is 0 Å². The molecule has 5 heteroatoms. The van der Waals surface area contributed by atoms with E-state index >= 15 is 0 Å². The van der Waals surface area contributed by atoms with Gasteiger partial charge < -0.3 is 5.32 Å². The fraction of sp³-hybridized carbons (Fsp3) is 0.462. The Kier molecular flexibility index (Phi) is 6.63. The van der Waals surface area contributed by atoms with Gasteiger partial charge in [0.05, 0.1) is 4.92 Å². The highest BCUT2D eigenvalue weighted by molar-refractivity contribution is 5.73. The number of benzene rings is 1. The van der Waals surface area contributed by atoms with Crippen molar-refractivity contribution >= 4 is 11.6 Å². The number of rotatable bonds is 3. The summed E-state index contributed by atoms with van der Waals surface area (Å²) in [6.07, 6.45) is 0.965. The summed E-state index contributed by atoms with van der Waals surface area (Å²) in [6.45, 7) is 7.61. The molecule has 0 heterocycles. The Bertz CT molecular complexity index is 388. The van der Waals surface area contributed by atoms with Crippen LogP contribution in [0.5, 0.6) is 0 Å². The molecule has 0 aliphatic carbocycles. The number of nitro benzene ring substituents is 1. The molecule has 1 amide bonds. The van der Waals surface area contributed by atoms with Crippen molar-refractivity contribution in [1.29, 1.82) is 0 Å². The molecule has 18 heavy (non-hydrogen) atoms. The molecule has 0 atom stereocenters. The number of para-hydroxylation sites is 1. The van der Waals surface area contributed by atoms with Crippen molar-refractivity contribution in [2.24, 2.45) is 0 Å². The molecule has 1 aromatic carbocycles. The van der Waals surface area contributed by atoms with Crippen LogP contribution in [0.15, 0.2) is 30.3 Å². The monoisotopic (exact) mass is 252 g/mol. The summed E-state index contributed by atoms with van der Waals surface area (Å²) >= 11 is 0. The maximum Gasteiger partial charge on any atom is 0.269 e. The molecule has 0 spiro atoms. The number of nitro groups is 1. The SMILES string of the molecule is CCC(C)(C)NC(C)=O.O=[N+]([O-])c1ccccc1. The van der Waals surface area contributed by atoms with Gasteiger partial charge >= 0.3 is 0 Å². The van der Waals surface area contributed by atoms with E-state index in [4.69, 9.17) is 0 Å². The van der Waals surface area contributed by atoms with Gasteiger partial charge in [0.2, 0.25) is 5.91 Å². The molecule has 0 aromatic heterocycles. The minimum atomic E-state index is -0.417. The third kappa shape index (κ3) is 7.38. The highest BCUT2D eigenvalue weighted by Gasteiger charge is 2.14. The van der Waals surface area contributed by atoms with Gasteiger partial charge in [-0.25, -0.2) is 0 Å². The van der Waals surface area contributed by atoms with Crippen molar-refractivity contribution in [3.8, 4) is 0 Å². The van der Waals surface area contributed by atoms with Gasteiger partial charge in [-0.3, -0.25) is 14.9 Å². The maximum absolute atomic E-state index is 10.5. The van der Waals surface area contributed by atoms with Crippen LogP contribution in [0.1, 0.15) is 34.1 Å². The van der Waals surface area contributed by atoms with E-state index in [1.165, 1.54) is 19.1 Å². The van der Waals surface area contributed by atoms with E-state index in [9.17, 15) is 14.9 Å². The number of amides is 1. The average Bonchev–Trinajstić information content (AvgIpc) is 2.29. The standard InChI is InChI=1S/C7H15NO.C6H5NO2/c1-5-7(3,4)8-6(2)9;8-7(9)6-4-2-1-3-5-6/h5H2,1-4H3,(H,8,9);1-5H. The summed E-state index contributed by atoms with van der Waals surface area (Å²) in [5, 5.41) is 12.8. The zero-order chi connectivity index (χ0) is 14.2. The van der Waals surface area contributed by atoms with Crippen molar-refractivity contribution < 1.29 is 9.72 Å². The second-order valence-corrected chi connectivity index (χ2v) is 4.51. The summed E-state index contributed by atoms with van der Waals surface area (Å²) in [7, 11) is 0. The van der Waals surface area contributed by atoms with Gasteiger partial charge in [0.15, 0.2) is 0 Å². The first kappa shape index (κ1) is 16.1. The van der Waals surface area contributed by atoms with E-state index in [0.717, 1.165) is 6.42 Å². The molecule has 0 unspecified atom stereocenters. The Hall–Kier alpha value is -1.91. The van der Waals surface area contributed by atoms with Gasteiger partial charge in [-0.05, 0) is 20.3 Å². The molecular weight excluding hydrogens is 232 g/mol. The molecule has 0 aliphatic heterocycles. The van der Waals surface area contributed by atoms with Crippen molar-refractivity contribution in [3.63, 3.8) is 0 Å². The number of hydrogen-bond acceptors (Lipinski definition) is 3. The Morgan fingerprint density at radius 3 is 2.06 bits per heavy atom. The molecule has 0 saturated heterocycles. The molecule has 5 nitrogen and oxygen atoms in total. The van der Waals surface area contributed by atoms with Crippen LogP contribution in [0.2, 0.25) is 0 Å². The third-order valence-electron chi connectivity index (χ3n) is 2.37. The summed E-state index contributed by atoms with van der Waals surface area (Å²) in [5.74, 6) is 0.0434. The van der Waals surface area contributed by atoms with E-state index in [-0.39, 0.29) is 17.1 Å². The highest BCUT2D eigenvalue weighted by Crippen LogP contribution is 2.07. The molecule has 100 valence electrons. The molecule has 0 aliphatic rings. The number of carbonyl (C=O) groups excluding carboxylic acids is 1. The number of nitrogens with zero attached hydrogens (tertiary/aromatic N) is 1. The number of nitrogens with one attached hydrogen (secondary N) is 1. The van der Waals surface area contributed by atoms with Gasteiger partial charge in [-0.1, -0.05) is 25.1 Å². The van der Waals surface area contributed by atoms with Gasteiger partial charge in [0, 0.05) is 24.6 Å². The van der Waals surface area contributed by atoms with Crippen LogP contribution >= 0.6 is 0 Å². The molecule has 1 N–H and O–H groups in total. The predicted octanol–water partition coefficient (Wildman–Crippen LogP) is 2.91. The first-order valence-corrected chi connectivity index (χ1v) is 5.76. The minimum absolute atomic E-state index is 0.0359. The normalized spacial score (nSPS) is 10.0. The van der Waals surface area contributed by atoms with Crippen LogP contribution in [0, 0.1) is 10.1 Å². The quantitative estimate of drug-likeness (QED) is 0.664. The first-order valence-electron chi connectivity index (χ1n) is 5.76. The van der Waals surface area contributed by atoms with Crippen LogP contribution in [-0.2, 0) is 4.79 Å². The lowest BCUT2D eigenvalue weighted by atomic mass is 10.0. The fourth-order valence-corrected chi connectivity index (χ4v) is 1.11. The first-order chi connectivity index (χ1) is 8.28. The van der Waals surface area contributed by atoms with Crippen LogP contribution in [0.3, 0.4) is 0 Å². The van der Waals surface area contributed by atoms with Gasteiger partial charge in [0.1, 0.15) is 0 Å². The molecule has 0 saturated carbocycles. The maximum atomic E-state index is 10.5. The Labute approximate surface area is 107 Å². The van der Waals surface area contributed by atoms with Crippen LogP contribution in [0.25, 0.3) is 0 Å². The summed E-state index contributed by atoms with van der Waals surface area (Å²) in [5.41, 5.74) is 0.101. The Morgan fingerprint density at radius 2 is 1.83 bits per heavy atom. The van der Waals surface area contributed by atoms with Gasteiger partial charge in [-0.15, -0.1) is 0 Å². The van der Waals surface area contributed by atoms with E-state index < -0.39 is 4.92 Å². The van der Waals surface area contributed by atoms with Crippen LogP contribution < -0.4 is 5.32 Å². The predicted molar refractivity (Wildman–Crippen MR) is 71.3 cm³/mol. The van der Waals surface area contributed by atoms with Crippen LogP contribution in [0.4, 0.5) is 5.69 Å². The zero-order valence-corrected chi connectivity index (χ0v) is 11.3. The lowest BCUT2D eigenvalue weighted by Crippen LogP contribution is -2.41. The highest BCUT2D eigenvalue weighted by atomic mass is 16.6. The van der Waals surface area contributed by atoms with E-state index in [1.54, 1.807) is 18.2 Å². The minimum Gasteiger partial charge on any atom is -0.351 e. The van der Waals surface area contributed by atoms with E-state index in [1.807, 2.05) is 13.8 Å². The van der Waals surface area contributed by atoms with Crippen molar-refractivity contribution in [2.75, 3.05) is 0 Å². The summed E-state index contributed by atoms with van der Waals surface area (Å²) < 4.78 is 0. The van der Waals surface area contributed by atoms with Crippen molar-refractivity contribution in [2.45, 2.75) is 39.7 Å². The lowest BCUT2D eigenvalue weighted by molar-refractivity contribution is -0.384. The number of hydrogen-bond donors (Lipinski definition) is 1. The van der Waals surface area contributed by atoms with Gasteiger partial charge in [-0.2, -0.15) is 0 Å². The number of carbonyl (C=O) groups is 1. The Morgan fingerprint density at radius 1 is 1.33 bits per heavy atom. The second kappa shape index (κ2) is 7.42. The largest absolute Gasteiger partial charge is 0.351 e. The van der Waals surface area contributed by atoms with E-state index in [2.05, 4.69) is 12.2 Å². The Balaban J connectivity index is 0.000000321. The fourth-order valence-electron chi connectivity index (χ4n) is 1.11. The van der Waals surface area contributed by atoms with Crippen molar-refractivity contribution in [3.05, 3.63) is 40.4 Å². The summed E-state index contributed by atoms with van der Waals surface area (Å²) in [6, 6.07) is 7.93. The summed E-state index contributed by atoms with van der Waals surface area (Å²) in [4.78, 5) is 20.1. The average molecular weight is 252 g/mol. The van der Waals surface area contributed by atoms with Crippen molar-refractivity contribution in [1.82, 2.24) is 5.32 Å². The molecule has 0 fully saturated rings. The second-order valence-electron chi connectivity index (χ2n) is 4.51. The molecule has 1 rings (SSSR count). The lowest BCUT2D eigenvalue weighted by Gasteiger charge is -2.23. The molecule has 0 radical (unpaired) electrons. The smallest absolute Gasteiger partial charge is 0.269 e. The number of non-ortho nitro benzene ring substituents is 1.